The van der Waals surface area contributed by atoms with Crippen molar-refractivity contribution in [3.63, 3.8) is 0 Å². The van der Waals surface area contributed by atoms with Gasteiger partial charge in [0.1, 0.15) is 0 Å². The molecular weight excluding hydrogens is 280 g/mol. The Labute approximate surface area is 138 Å². The molecule has 2 aromatic rings. The topological polar surface area (TPSA) is 49.9 Å². The number of nitrogens with two attached hydrogens (primary N) is 1. The normalized spacial score (nSPS) is 10.9. The second-order valence-electron chi connectivity index (χ2n) is 5.58. The minimum atomic E-state index is 0.533. The summed E-state index contributed by atoms with van der Waals surface area (Å²) in [5, 5.41) is 8.47. The lowest BCUT2D eigenvalue weighted by Crippen LogP contribution is -2.05. The number of allylic oxidation sites excluding steroid dienone is 1. The van der Waals surface area contributed by atoms with E-state index < -0.39 is 0 Å². The van der Waals surface area contributed by atoms with E-state index in [1.165, 1.54) is 5.56 Å². The molecule has 3 N–H and O–H groups in total. The molecule has 2 rings (SSSR count). The van der Waals surface area contributed by atoms with Gasteiger partial charge in [-0.05, 0) is 47.2 Å². The molecule has 0 saturated heterocycles. The van der Waals surface area contributed by atoms with Crippen molar-refractivity contribution >= 4 is 17.9 Å². The third kappa shape index (κ3) is 3.85. The van der Waals surface area contributed by atoms with Gasteiger partial charge in [-0.3, -0.25) is 0 Å². The average molecular weight is 304 g/mol. The first-order valence-corrected chi connectivity index (χ1v) is 7.91. The Morgan fingerprint density at radius 1 is 1.17 bits per heavy atom. The maximum absolute atomic E-state index is 8.47. The Morgan fingerprint density at radius 2 is 1.87 bits per heavy atom. The second-order valence-corrected chi connectivity index (χ2v) is 5.58. The predicted molar refractivity (Wildman–Crippen MR) is 101 cm³/mol. The number of rotatable bonds is 6. The van der Waals surface area contributed by atoms with Crippen LogP contribution in [0.5, 0.6) is 0 Å². The average Bonchev–Trinajstić information content (AvgIpc) is 2.59. The van der Waals surface area contributed by atoms with Gasteiger partial charge in [-0.15, -0.1) is 0 Å². The first-order chi connectivity index (χ1) is 11.1. The molecule has 0 bridgehead atoms. The van der Waals surface area contributed by atoms with Gasteiger partial charge in [0.2, 0.25) is 0 Å². The van der Waals surface area contributed by atoms with Gasteiger partial charge in [-0.1, -0.05) is 62.1 Å². The van der Waals surface area contributed by atoms with Crippen LogP contribution in [-0.4, -0.2) is 5.71 Å². The molecule has 2 aromatic carbocycles. The van der Waals surface area contributed by atoms with E-state index in [0.717, 1.165) is 34.2 Å². The minimum Gasteiger partial charge on any atom is -0.326 e. The molecule has 0 aliphatic rings. The summed E-state index contributed by atoms with van der Waals surface area (Å²) in [6, 6.07) is 12.2. The van der Waals surface area contributed by atoms with Crippen LogP contribution in [0, 0.1) is 12.3 Å². The Bertz CT molecular complexity index is 737. The summed E-state index contributed by atoms with van der Waals surface area (Å²) in [5.74, 6) is 0. The van der Waals surface area contributed by atoms with Gasteiger partial charge in [-0.25, -0.2) is 0 Å². The molecule has 0 radical (unpaired) electrons. The van der Waals surface area contributed by atoms with Crippen LogP contribution in [0.1, 0.15) is 40.3 Å². The monoisotopic (exact) mass is 304 g/mol. The fraction of sp³-hybridized carbons (Fsp3) is 0.190. The molecule has 0 aromatic heterocycles. The third-order valence-electron chi connectivity index (χ3n) is 4.06. The van der Waals surface area contributed by atoms with E-state index in [1.54, 1.807) is 0 Å². The van der Waals surface area contributed by atoms with E-state index in [2.05, 4.69) is 32.6 Å². The lowest BCUT2D eigenvalue weighted by molar-refractivity contribution is 1.07. The molecule has 0 aliphatic carbocycles. The fourth-order valence-corrected chi connectivity index (χ4v) is 2.76. The summed E-state index contributed by atoms with van der Waals surface area (Å²) in [4.78, 5) is 0. The minimum absolute atomic E-state index is 0.533. The van der Waals surface area contributed by atoms with Gasteiger partial charge >= 0.3 is 0 Å². The lowest BCUT2D eigenvalue weighted by atomic mass is 9.91. The number of hydrogen-bond acceptors (Lipinski definition) is 2. The zero-order chi connectivity index (χ0) is 16.8. The van der Waals surface area contributed by atoms with Crippen molar-refractivity contribution in [2.45, 2.75) is 26.8 Å². The summed E-state index contributed by atoms with van der Waals surface area (Å²) < 4.78 is 0. The van der Waals surface area contributed by atoms with Gasteiger partial charge < -0.3 is 11.1 Å². The summed E-state index contributed by atoms with van der Waals surface area (Å²) in [7, 11) is 0. The molecule has 0 unspecified atom stereocenters. The van der Waals surface area contributed by atoms with E-state index in [-0.39, 0.29) is 0 Å². The molecule has 0 fully saturated rings. The summed E-state index contributed by atoms with van der Waals surface area (Å²) in [6.45, 7) is 8.60. The quantitative estimate of drug-likeness (QED) is 0.744. The highest BCUT2D eigenvalue weighted by Gasteiger charge is 2.11. The highest BCUT2D eigenvalue weighted by atomic mass is 14.5. The highest BCUT2D eigenvalue weighted by molar-refractivity contribution is 6.11. The van der Waals surface area contributed by atoms with E-state index >= 15 is 0 Å². The number of hydrogen-bond donors (Lipinski definition) is 2. The second kappa shape index (κ2) is 7.70. The zero-order valence-electron chi connectivity index (χ0n) is 13.9. The number of nitrogens with one attached hydrogen (secondary N) is 1. The van der Waals surface area contributed by atoms with Crippen molar-refractivity contribution in [1.82, 2.24) is 0 Å². The first-order valence-electron chi connectivity index (χ1n) is 7.91. The first kappa shape index (κ1) is 16.9. The van der Waals surface area contributed by atoms with Crippen molar-refractivity contribution < 1.29 is 0 Å². The Hall–Kier alpha value is -2.45. The summed E-state index contributed by atoms with van der Waals surface area (Å²) in [6.07, 6.45) is 6.60. The van der Waals surface area contributed by atoms with Crippen LogP contribution in [0.4, 0.5) is 0 Å². The van der Waals surface area contributed by atoms with E-state index in [9.17, 15) is 0 Å². The van der Waals surface area contributed by atoms with Crippen molar-refractivity contribution in [3.8, 4) is 0 Å². The number of aryl methyl sites for hydroxylation is 1. The Morgan fingerprint density at radius 3 is 2.43 bits per heavy atom. The fourth-order valence-electron chi connectivity index (χ4n) is 2.76. The van der Waals surface area contributed by atoms with E-state index in [0.29, 0.717) is 12.3 Å². The molecule has 2 nitrogen and oxygen atoms in total. The van der Waals surface area contributed by atoms with Crippen LogP contribution in [0.25, 0.3) is 12.2 Å². The largest absolute Gasteiger partial charge is 0.326 e. The summed E-state index contributed by atoms with van der Waals surface area (Å²) >= 11 is 0. The number of benzene rings is 2. The SMILES string of the molecule is C=Cc1ccc(C)c(C(=N)/C=C/c2ccc(CN)cc2)c1CC. The molecule has 0 spiro atoms. The molecule has 2 heteroatoms. The molecule has 0 heterocycles. The van der Waals surface area contributed by atoms with Crippen LogP contribution in [-0.2, 0) is 13.0 Å². The van der Waals surface area contributed by atoms with Gasteiger partial charge in [0, 0.05) is 12.1 Å². The van der Waals surface area contributed by atoms with Gasteiger partial charge in [0.25, 0.3) is 0 Å². The van der Waals surface area contributed by atoms with Crippen molar-refractivity contribution in [2.24, 2.45) is 5.73 Å². The molecule has 0 amide bonds. The smallest absolute Gasteiger partial charge is 0.0618 e. The molecule has 0 aliphatic heterocycles. The molecular formula is C21H24N2. The highest BCUT2D eigenvalue weighted by Crippen LogP contribution is 2.22. The Balaban J connectivity index is 2.33. The maximum Gasteiger partial charge on any atom is 0.0618 e. The molecule has 0 atom stereocenters. The van der Waals surface area contributed by atoms with E-state index in [4.69, 9.17) is 11.1 Å². The molecule has 0 saturated carbocycles. The van der Waals surface area contributed by atoms with Crippen LogP contribution in [0.3, 0.4) is 0 Å². The summed E-state index contributed by atoms with van der Waals surface area (Å²) in [5.41, 5.74) is 12.8. The van der Waals surface area contributed by atoms with Gasteiger partial charge in [0.05, 0.1) is 5.71 Å². The lowest BCUT2D eigenvalue weighted by Gasteiger charge is -2.14. The molecule has 118 valence electrons. The zero-order valence-corrected chi connectivity index (χ0v) is 13.9. The van der Waals surface area contributed by atoms with Crippen molar-refractivity contribution in [2.75, 3.05) is 0 Å². The van der Waals surface area contributed by atoms with Crippen molar-refractivity contribution in [3.05, 3.63) is 82.4 Å². The van der Waals surface area contributed by atoms with Crippen LogP contribution in [0.2, 0.25) is 0 Å². The van der Waals surface area contributed by atoms with Gasteiger partial charge in [-0.2, -0.15) is 0 Å². The van der Waals surface area contributed by atoms with Crippen molar-refractivity contribution in [1.29, 1.82) is 5.41 Å². The van der Waals surface area contributed by atoms with Crippen LogP contribution in [0.15, 0.2) is 49.1 Å². The third-order valence-corrected chi connectivity index (χ3v) is 4.06. The maximum atomic E-state index is 8.47. The van der Waals surface area contributed by atoms with Gasteiger partial charge in [0.15, 0.2) is 0 Å². The van der Waals surface area contributed by atoms with Crippen LogP contribution >= 0.6 is 0 Å². The predicted octanol–water partition coefficient (Wildman–Crippen LogP) is 4.74. The Kier molecular flexibility index (Phi) is 5.67. The van der Waals surface area contributed by atoms with E-state index in [1.807, 2.05) is 42.5 Å². The standard InChI is InChI=1S/C21H24N2/c1-4-18-12-6-15(3)21(19(18)5-2)20(23)13-11-16-7-9-17(14-22)10-8-16/h4,6-13,23H,1,5,14,22H2,2-3H3/b13-11+,23-20?. The molecule has 23 heavy (non-hydrogen) atoms. The van der Waals surface area contributed by atoms with Crippen LogP contribution < -0.4 is 5.73 Å².